The number of ether oxygens (including phenoxy) is 10. The highest BCUT2D eigenvalue weighted by atomic mass is 16.6. The van der Waals surface area contributed by atoms with Gasteiger partial charge in [0.1, 0.15) is 49.3 Å². The maximum atomic E-state index is 11.0. The number of carbonyl (C=O) groups excluding carboxylic acids is 10. The molecule has 0 saturated carbocycles. The van der Waals surface area contributed by atoms with Crippen LogP contribution in [0.1, 0.15) is 105 Å². The summed E-state index contributed by atoms with van der Waals surface area (Å²) in [5.41, 5.74) is -0.0463. The van der Waals surface area contributed by atoms with Crippen LogP contribution in [-0.4, -0.2) is 122 Å². The van der Waals surface area contributed by atoms with E-state index in [1.54, 1.807) is 27.7 Å². The Labute approximate surface area is 383 Å². The summed E-state index contributed by atoms with van der Waals surface area (Å²) < 4.78 is 48.7. The van der Waals surface area contributed by atoms with E-state index in [9.17, 15) is 47.9 Å². The zero-order chi connectivity index (χ0) is 49.8. The van der Waals surface area contributed by atoms with Gasteiger partial charge in [0, 0.05) is 74.3 Å². The van der Waals surface area contributed by atoms with Gasteiger partial charge in [-0.1, -0.05) is 32.9 Å². The van der Waals surface area contributed by atoms with Crippen LogP contribution in [0.15, 0.2) is 62.3 Å². The molecule has 0 amide bonds. The first-order valence-corrected chi connectivity index (χ1v) is 21.1. The van der Waals surface area contributed by atoms with Crippen molar-refractivity contribution < 1.29 is 95.3 Å². The first-order valence-electron chi connectivity index (χ1n) is 21.1. The molecule has 5 atom stereocenters. The van der Waals surface area contributed by atoms with Gasteiger partial charge in [0.05, 0.1) is 13.2 Å². The third kappa shape index (κ3) is 25.0. The second kappa shape index (κ2) is 30.5. The number of carbonyl (C=O) groups is 10. The van der Waals surface area contributed by atoms with E-state index >= 15 is 0 Å². The van der Waals surface area contributed by atoms with Crippen molar-refractivity contribution in [2.45, 2.75) is 141 Å². The molecular weight excluding hydrogens is 872 g/mol. The predicted molar refractivity (Wildman–Crippen MR) is 229 cm³/mol. The van der Waals surface area contributed by atoms with Crippen LogP contribution < -0.4 is 0 Å². The molecule has 5 aliphatic rings. The predicted octanol–water partition coefficient (Wildman–Crippen LogP) is 4.45. The Morgan fingerprint density at radius 3 is 1.23 bits per heavy atom. The van der Waals surface area contributed by atoms with Crippen LogP contribution in [0.4, 0.5) is 0 Å². The molecule has 0 aromatic heterocycles. The molecule has 0 spiro atoms. The van der Waals surface area contributed by atoms with Crippen molar-refractivity contribution in [2.24, 2.45) is 0 Å². The van der Waals surface area contributed by atoms with Crippen molar-refractivity contribution >= 4 is 59.7 Å². The second-order valence-corrected chi connectivity index (χ2v) is 15.4. The zero-order valence-electron chi connectivity index (χ0n) is 38.1. The minimum Gasteiger partial charge on any atom is -0.462 e. The van der Waals surface area contributed by atoms with Gasteiger partial charge in [0.15, 0.2) is 0 Å². The normalized spacial score (nSPS) is 21.1. The summed E-state index contributed by atoms with van der Waals surface area (Å²) in [7, 11) is 0. The SMILES string of the molecule is C=C(C)C(=O)OCC1CCC(=O)O1.C=C(C)C(=O)OCCC1CCC(=O)O1.C=CC(=O)OC(C)(C)C1CCC(=O)O1.C=CC(=O)OCC1CCC(=O)O1.C=CC(=O)OCCC1CCC(=O)O1. The molecule has 20 nitrogen and oxygen atoms in total. The smallest absolute Gasteiger partial charge is 0.333 e. The quantitative estimate of drug-likeness (QED) is 0.111. The van der Waals surface area contributed by atoms with Gasteiger partial charge in [-0.25, -0.2) is 24.0 Å². The summed E-state index contributed by atoms with van der Waals surface area (Å²) in [5, 5.41) is 0. The minimum absolute atomic E-state index is 0.0786. The van der Waals surface area contributed by atoms with Crippen LogP contribution >= 0.6 is 0 Å². The van der Waals surface area contributed by atoms with Crippen LogP contribution in [0.3, 0.4) is 0 Å². The minimum atomic E-state index is -0.780. The molecule has 5 saturated heterocycles. The van der Waals surface area contributed by atoms with E-state index in [0.717, 1.165) is 31.1 Å². The van der Waals surface area contributed by atoms with E-state index in [1.165, 1.54) is 0 Å². The molecule has 5 heterocycles. The fourth-order valence-electron chi connectivity index (χ4n) is 5.64. The van der Waals surface area contributed by atoms with E-state index in [0.29, 0.717) is 75.4 Å². The van der Waals surface area contributed by atoms with Crippen molar-refractivity contribution in [3.05, 3.63) is 62.3 Å². The van der Waals surface area contributed by atoms with Crippen LogP contribution in [-0.2, 0) is 95.3 Å². The monoisotopic (exact) mass is 934 g/mol. The molecule has 5 fully saturated rings. The molecular formula is C46H62O20. The van der Waals surface area contributed by atoms with Crippen molar-refractivity contribution in [3.8, 4) is 0 Å². The zero-order valence-corrected chi connectivity index (χ0v) is 38.1. The summed E-state index contributed by atoms with van der Waals surface area (Å²) in [4.78, 5) is 108. The highest BCUT2D eigenvalue weighted by molar-refractivity contribution is 5.87. The average Bonchev–Trinajstić information content (AvgIpc) is 4.14. The lowest BCUT2D eigenvalue weighted by Crippen LogP contribution is -2.40. The molecule has 0 N–H and O–H groups in total. The highest BCUT2D eigenvalue weighted by Crippen LogP contribution is 2.27. The highest BCUT2D eigenvalue weighted by Gasteiger charge is 2.40. The van der Waals surface area contributed by atoms with Gasteiger partial charge in [0.25, 0.3) is 0 Å². The molecule has 0 aromatic carbocycles. The van der Waals surface area contributed by atoms with E-state index in [1.807, 2.05) is 0 Å². The first-order chi connectivity index (χ1) is 31.1. The largest absolute Gasteiger partial charge is 0.462 e. The Kier molecular flexibility index (Phi) is 26.6. The molecule has 20 heteroatoms. The fraction of sp³-hybridized carbons (Fsp3) is 0.565. The van der Waals surface area contributed by atoms with Gasteiger partial charge in [-0.05, 0) is 59.8 Å². The second-order valence-electron chi connectivity index (χ2n) is 15.4. The topological polar surface area (TPSA) is 263 Å². The number of esters is 10. The molecule has 0 radical (unpaired) electrons. The molecule has 0 aromatic rings. The van der Waals surface area contributed by atoms with Gasteiger partial charge in [-0.15, -0.1) is 0 Å². The molecule has 5 aliphatic heterocycles. The maximum absolute atomic E-state index is 11.0. The van der Waals surface area contributed by atoms with Gasteiger partial charge in [-0.3, -0.25) is 24.0 Å². The summed E-state index contributed by atoms with van der Waals surface area (Å²) in [6.07, 6.45) is 8.85. The Hall–Kier alpha value is -6.60. The van der Waals surface area contributed by atoms with Crippen molar-refractivity contribution in [2.75, 3.05) is 26.4 Å². The lowest BCUT2D eigenvalue weighted by Gasteiger charge is -2.29. The van der Waals surface area contributed by atoms with Crippen LogP contribution in [0.25, 0.3) is 0 Å². The summed E-state index contributed by atoms with van der Waals surface area (Å²) in [6, 6.07) is 0. The lowest BCUT2D eigenvalue weighted by molar-refractivity contribution is -0.169. The summed E-state index contributed by atoms with van der Waals surface area (Å²) in [6.45, 7) is 24.1. The molecule has 66 heavy (non-hydrogen) atoms. The number of hydrogen-bond acceptors (Lipinski definition) is 20. The maximum Gasteiger partial charge on any atom is 0.333 e. The Morgan fingerprint density at radius 1 is 0.515 bits per heavy atom. The lowest BCUT2D eigenvalue weighted by atomic mass is 9.99. The van der Waals surface area contributed by atoms with E-state index < -0.39 is 35.4 Å². The summed E-state index contributed by atoms with van der Waals surface area (Å²) >= 11 is 0. The summed E-state index contributed by atoms with van der Waals surface area (Å²) in [5.74, 6) is -3.29. The Bertz CT molecular complexity index is 1790. The standard InChI is InChI=1S/2C10H14O4.2C9H12O4.C8H10O4/c1-7(2)10(12)13-6-5-8-3-4-9(11)14-8;1-4-8(11)14-10(2,3)7-5-6-9(12)13-7;1-6(2)9(11)12-5-7-3-4-8(10)13-7;1-2-8(10)12-6-5-7-3-4-9(11)13-7;1-2-7(9)11-5-6-3-4-8(10)12-6/h8H,1,3-6H2,2H3;4,7H,1,5-6H2,2-3H3;7H,1,3-5H2,2H3;2,7H,1,3-6H2;2,6H,1,3-5H2. The molecule has 5 unspecified atom stereocenters. The Morgan fingerprint density at radius 2 is 0.864 bits per heavy atom. The number of rotatable bonds is 17. The first kappa shape index (κ1) is 57.4. The van der Waals surface area contributed by atoms with E-state index in [4.69, 9.17) is 42.6 Å². The van der Waals surface area contributed by atoms with Crippen LogP contribution in [0.2, 0.25) is 0 Å². The van der Waals surface area contributed by atoms with Crippen molar-refractivity contribution in [1.29, 1.82) is 0 Å². The van der Waals surface area contributed by atoms with E-state index in [2.05, 4.69) is 37.6 Å². The van der Waals surface area contributed by atoms with E-state index in [-0.39, 0.29) is 86.8 Å². The third-order valence-electron chi connectivity index (χ3n) is 9.26. The number of hydrogen-bond donors (Lipinski definition) is 0. The van der Waals surface area contributed by atoms with Crippen molar-refractivity contribution in [3.63, 3.8) is 0 Å². The molecule has 366 valence electrons. The van der Waals surface area contributed by atoms with Gasteiger partial charge in [-0.2, -0.15) is 0 Å². The van der Waals surface area contributed by atoms with Gasteiger partial charge < -0.3 is 47.4 Å². The number of cyclic esters (lactones) is 5. The van der Waals surface area contributed by atoms with Crippen LogP contribution in [0.5, 0.6) is 0 Å². The van der Waals surface area contributed by atoms with Crippen molar-refractivity contribution in [1.82, 2.24) is 0 Å². The molecule has 0 aliphatic carbocycles. The van der Waals surface area contributed by atoms with Crippen LogP contribution in [0, 0.1) is 0 Å². The fourth-order valence-corrected chi connectivity index (χ4v) is 5.64. The molecule has 0 bridgehead atoms. The van der Waals surface area contributed by atoms with Gasteiger partial charge >= 0.3 is 59.7 Å². The average molecular weight is 935 g/mol. The van der Waals surface area contributed by atoms with Gasteiger partial charge in [0.2, 0.25) is 0 Å². The third-order valence-corrected chi connectivity index (χ3v) is 9.26. The molecule has 5 rings (SSSR count). The Balaban J connectivity index is 0.000000413.